The molecule has 4 aromatic rings. The van der Waals surface area contributed by atoms with Gasteiger partial charge in [-0.25, -0.2) is 0 Å². The van der Waals surface area contributed by atoms with Crippen LogP contribution in [0.3, 0.4) is 0 Å². The molecule has 184 valence electrons. The Kier molecular flexibility index (Phi) is 6.01. The first-order valence-corrected chi connectivity index (χ1v) is 11.5. The molecule has 0 radical (unpaired) electrons. The molecule has 9 heteroatoms. The summed E-state index contributed by atoms with van der Waals surface area (Å²) in [5.74, 6) is -4.20. The van der Waals surface area contributed by atoms with Crippen molar-refractivity contribution in [3.63, 3.8) is 0 Å². The molecular weight excluding hydrogens is 476 g/mol. The van der Waals surface area contributed by atoms with Crippen LogP contribution in [0.25, 0.3) is 0 Å². The van der Waals surface area contributed by atoms with E-state index in [9.17, 15) is 18.4 Å². The number of carbonyl (C=O) groups excluding carboxylic acids is 2. The Morgan fingerprint density at radius 1 is 1.05 bits per heavy atom. The van der Waals surface area contributed by atoms with Crippen LogP contribution in [0.4, 0.5) is 20.2 Å². The molecule has 0 saturated carbocycles. The molecular formula is C28H21F2N5O2. The molecule has 37 heavy (non-hydrogen) atoms. The fraction of sp³-hybridized carbons (Fsp3) is 0.143. The van der Waals surface area contributed by atoms with Crippen molar-refractivity contribution < 1.29 is 18.4 Å². The van der Waals surface area contributed by atoms with Crippen molar-refractivity contribution in [3.05, 3.63) is 113 Å². The van der Waals surface area contributed by atoms with Gasteiger partial charge in [0.2, 0.25) is 0 Å². The van der Waals surface area contributed by atoms with Crippen molar-refractivity contribution in [3.8, 4) is 6.07 Å². The van der Waals surface area contributed by atoms with E-state index in [0.29, 0.717) is 16.9 Å². The number of halogens is 2. The van der Waals surface area contributed by atoms with Gasteiger partial charge in [-0.1, -0.05) is 48.5 Å². The number of aromatic nitrogens is 2. The van der Waals surface area contributed by atoms with Crippen molar-refractivity contribution >= 4 is 23.2 Å². The molecule has 1 atom stereocenters. The molecule has 2 heterocycles. The number of carbonyl (C=O) groups is 2. The van der Waals surface area contributed by atoms with Crippen molar-refractivity contribution in [1.82, 2.24) is 9.78 Å². The smallest absolute Gasteiger partial charge is 0.298 e. The highest BCUT2D eigenvalue weighted by atomic mass is 19.3. The molecule has 2 amide bonds. The third kappa shape index (κ3) is 4.34. The minimum Gasteiger partial charge on any atom is -0.322 e. The zero-order valence-electron chi connectivity index (χ0n) is 19.7. The molecule has 1 aromatic heterocycles. The van der Waals surface area contributed by atoms with Gasteiger partial charge < -0.3 is 10.2 Å². The normalized spacial score (nSPS) is 15.1. The maximum atomic E-state index is 15.0. The van der Waals surface area contributed by atoms with Crippen LogP contribution >= 0.6 is 0 Å². The van der Waals surface area contributed by atoms with E-state index in [1.165, 1.54) is 58.2 Å². The van der Waals surface area contributed by atoms with Gasteiger partial charge in [-0.15, -0.1) is 0 Å². The van der Waals surface area contributed by atoms with Gasteiger partial charge in [0.1, 0.15) is 5.69 Å². The number of rotatable bonds is 5. The van der Waals surface area contributed by atoms with Crippen molar-refractivity contribution in [2.24, 2.45) is 0 Å². The van der Waals surface area contributed by atoms with Crippen LogP contribution in [-0.2, 0) is 5.92 Å². The number of alkyl halides is 2. The molecule has 0 bridgehead atoms. The Morgan fingerprint density at radius 3 is 2.46 bits per heavy atom. The van der Waals surface area contributed by atoms with Gasteiger partial charge in [0, 0.05) is 29.0 Å². The molecule has 5 rings (SSSR count). The van der Waals surface area contributed by atoms with Crippen LogP contribution in [-0.4, -0.2) is 28.1 Å². The van der Waals surface area contributed by atoms with E-state index in [0.717, 1.165) is 0 Å². The van der Waals surface area contributed by atoms with Crippen LogP contribution in [0.2, 0.25) is 0 Å². The van der Waals surface area contributed by atoms with Gasteiger partial charge >= 0.3 is 0 Å². The minimum atomic E-state index is -3.19. The molecule has 0 unspecified atom stereocenters. The first-order valence-electron chi connectivity index (χ1n) is 11.5. The molecule has 1 aliphatic heterocycles. The Morgan fingerprint density at radius 2 is 1.76 bits per heavy atom. The highest BCUT2D eigenvalue weighted by Gasteiger charge is 2.37. The summed E-state index contributed by atoms with van der Waals surface area (Å²) in [4.78, 5) is 28.0. The number of nitriles is 1. The number of benzene rings is 3. The minimum absolute atomic E-state index is 0.0798. The van der Waals surface area contributed by atoms with E-state index in [2.05, 4.69) is 10.4 Å². The second-order valence-electron chi connectivity index (χ2n) is 8.75. The predicted octanol–water partition coefficient (Wildman–Crippen LogP) is 5.37. The third-order valence-electron chi connectivity index (χ3n) is 6.28. The molecule has 1 N–H and O–H groups in total. The van der Waals surface area contributed by atoms with Gasteiger partial charge in [0.05, 0.1) is 29.4 Å². The van der Waals surface area contributed by atoms with Gasteiger partial charge in [-0.2, -0.15) is 19.1 Å². The second kappa shape index (κ2) is 9.32. The van der Waals surface area contributed by atoms with Gasteiger partial charge in [-0.05, 0) is 37.3 Å². The summed E-state index contributed by atoms with van der Waals surface area (Å²) in [6, 6.07) is 21.3. The lowest BCUT2D eigenvalue weighted by Crippen LogP contribution is -2.43. The van der Waals surface area contributed by atoms with E-state index in [-0.39, 0.29) is 35.0 Å². The van der Waals surface area contributed by atoms with Gasteiger partial charge in [0.15, 0.2) is 0 Å². The van der Waals surface area contributed by atoms with E-state index >= 15 is 0 Å². The molecule has 1 aliphatic rings. The maximum absolute atomic E-state index is 15.0. The first kappa shape index (κ1) is 23.9. The van der Waals surface area contributed by atoms with Crippen LogP contribution in [0, 0.1) is 11.3 Å². The number of amides is 2. The number of nitrogens with zero attached hydrogens (tertiary/aromatic N) is 4. The molecule has 0 aliphatic carbocycles. The fourth-order valence-corrected chi connectivity index (χ4v) is 4.38. The van der Waals surface area contributed by atoms with Crippen LogP contribution in [0.1, 0.15) is 50.5 Å². The van der Waals surface area contributed by atoms with Gasteiger partial charge in [0.25, 0.3) is 17.7 Å². The third-order valence-corrected chi connectivity index (χ3v) is 6.28. The van der Waals surface area contributed by atoms with Crippen molar-refractivity contribution in [2.75, 3.05) is 16.8 Å². The molecule has 0 saturated heterocycles. The van der Waals surface area contributed by atoms with E-state index in [1.54, 1.807) is 36.4 Å². The highest BCUT2D eigenvalue weighted by Crippen LogP contribution is 2.37. The maximum Gasteiger partial charge on any atom is 0.298 e. The number of hydrogen-bond acceptors (Lipinski definition) is 4. The summed E-state index contributed by atoms with van der Waals surface area (Å²) < 4.78 is 31.4. The van der Waals surface area contributed by atoms with Crippen molar-refractivity contribution in [2.45, 2.75) is 18.9 Å². The van der Waals surface area contributed by atoms with Crippen LogP contribution < -0.4 is 10.2 Å². The summed E-state index contributed by atoms with van der Waals surface area (Å²) in [6.45, 7) is 2.11. The lowest BCUT2D eigenvalue weighted by molar-refractivity contribution is 0.0428. The summed E-state index contributed by atoms with van der Waals surface area (Å²) in [6.07, 6.45) is 1.33. The largest absolute Gasteiger partial charge is 0.322 e. The molecule has 0 fully saturated rings. The molecule has 3 aromatic carbocycles. The van der Waals surface area contributed by atoms with Crippen LogP contribution in [0.15, 0.2) is 85.1 Å². The molecule has 0 spiro atoms. The van der Waals surface area contributed by atoms with Crippen molar-refractivity contribution in [1.29, 1.82) is 5.26 Å². The summed E-state index contributed by atoms with van der Waals surface area (Å²) >= 11 is 0. The Labute approximate surface area is 211 Å². The summed E-state index contributed by atoms with van der Waals surface area (Å²) in [7, 11) is 0. The van der Waals surface area contributed by atoms with Crippen LogP contribution in [0.5, 0.6) is 0 Å². The average Bonchev–Trinajstić information content (AvgIpc) is 3.38. The highest BCUT2D eigenvalue weighted by molar-refractivity contribution is 6.15. The quantitative estimate of drug-likeness (QED) is 0.401. The summed E-state index contributed by atoms with van der Waals surface area (Å²) in [5.41, 5.74) is 1.10. The monoisotopic (exact) mass is 497 g/mol. The topological polar surface area (TPSA) is 91.0 Å². The fourth-order valence-electron chi connectivity index (χ4n) is 4.38. The Bertz CT molecular complexity index is 1520. The van der Waals surface area contributed by atoms with E-state index in [4.69, 9.17) is 5.26 Å². The SMILES string of the molecule is C[C@H]1CN(c2ccc(C(F)(F)c3ccccc3)cc2)C(=O)c2c(C(=O)Nc3cccc(C#N)c3)cnn21. The average molecular weight is 498 g/mol. The Balaban J connectivity index is 1.42. The standard InChI is InChI=1S/C28H21F2N5O2/c1-18-17-34(23-12-10-21(11-13-23)28(29,30)20-7-3-2-4-8-20)27(37)25-24(16-32-35(18)25)26(36)33-22-9-5-6-19(14-22)15-31/h2-14,16,18H,17H2,1H3,(H,33,36)/t18-/m0/s1. The zero-order chi connectivity index (χ0) is 26.2. The lowest BCUT2D eigenvalue weighted by Gasteiger charge is -2.32. The van der Waals surface area contributed by atoms with E-state index in [1.807, 2.05) is 13.0 Å². The lowest BCUT2D eigenvalue weighted by atomic mass is 10.00. The second-order valence-corrected chi connectivity index (χ2v) is 8.75. The Hall–Kier alpha value is -4.84. The first-order chi connectivity index (χ1) is 17.8. The summed E-state index contributed by atoms with van der Waals surface area (Å²) in [5, 5.41) is 16.0. The number of anilines is 2. The number of nitrogens with one attached hydrogen (secondary N) is 1. The predicted molar refractivity (Wildman–Crippen MR) is 134 cm³/mol. The zero-order valence-corrected chi connectivity index (χ0v) is 19.7. The van der Waals surface area contributed by atoms with E-state index < -0.39 is 17.7 Å². The number of fused-ring (bicyclic) bond motifs is 1. The van der Waals surface area contributed by atoms with Gasteiger partial charge in [-0.3, -0.25) is 14.3 Å². The molecule has 7 nitrogen and oxygen atoms in total. The number of hydrogen-bond donors (Lipinski definition) is 1.